The number of nitrogens with zero attached hydrogens (tertiary/aromatic N) is 3. The summed E-state index contributed by atoms with van der Waals surface area (Å²) in [6.07, 6.45) is 4.22. The lowest BCUT2D eigenvalue weighted by molar-refractivity contribution is 0.102. The molecule has 4 N–H and O–H groups in total. The molecular formula is C17H14N6O2. The number of ether oxygens (including phenoxy) is 1. The lowest BCUT2D eigenvalue weighted by Gasteiger charge is -2.08. The Kier molecular flexibility index (Phi) is 4.61. The predicted octanol–water partition coefficient (Wildman–Crippen LogP) is 2.50. The molecule has 0 aliphatic rings. The molecule has 124 valence electrons. The van der Waals surface area contributed by atoms with Crippen LogP contribution in [-0.4, -0.2) is 27.1 Å². The van der Waals surface area contributed by atoms with E-state index in [9.17, 15) is 4.79 Å². The second kappa shape index (κ2) is 7.18. The molecule has 1 aromatic carbocycles. The summed E-state index contributed by atoms with van der Waals surface area (Å²) in [7, 11) is 0. The Morgan fingerprint density at radius 3 is 2.68 bits per heavy atom. The van der Waals surface area contributed by atoms with E-state index in [-0.39, 0.29) is 17.5 Å². The van der Waals surface area contributed by atoms with Crippen LogP contribution < -0.4 is 15.8 Å². The van der Waals surface area contributed by atoms with E-state index in [0.717, 1.165) is 6.21 Å². The van der Waals surface area contributed by atoms with Crippen LogP contribution in [0.1, 0.15) is 16.1 Å². The zero-order valence-corrected chi connectivity index (χ0v) is 13.0. The molecule has 8 heteroatoms. The van der Waals surface area contributed by atoms with Gasteiger partial charge in [-0.3, -0.25) is 4.79 Å². The molecule has 0 aliphatic heterocycles. The van der Waals surface area contributed by atoms with Crippen LogP contribution >= 0.6 is 0 Å². The summed E-state index contributed by atoms with van der Waals surface area (Å²) < 4.78 is 5.52. The number of hydrogen-bond donors (Lipinski definition) is 3. The first-order valence-electron chi connectivity index (χ1n) is 7.29. The van der Waals surface area contributed by atoms with Gasteiger partial charge in [0.25, 0.3) is 5.91 Å². The third-order valence-corrected chi connectivity index (χ3v) is 3.19. The number of nitrogen functional groups attached to an aromatic ring is 1. The highest BCUT2D eigenvalue weighted by Crippen LogP contribution is 2.21. The summed E-state index contributed by atoms with van der Waals surface area (Å²) in [6.45, 7) is 0. The molecule has 0 unspecified atom stereocenters. The Morgan fingerprint density at radius 1 is 1.16 bits per heavy atom. The number of carbonyl (C=O) groups is 1. The average Bonchev–Trinajstić information content (AvgIpc) is 2.63. The molecule has 3 aromatic rings. The van der Waals surface area contributed by atoms with Crippen LogP contribution in [0.3, 0.4) is 0 Å². The highest BCUT2D eigenvalue weighted by atomic mass is 16.5. The molecule has 0 spiro atoms. The van der Waals surface area contributed by atoms with Crippen molar-refractivity contribution in [1.29, 1.82) is 5.41 Å². The number of hydrogen-bond acceptors (Lipinski definition) is 7. The fourth-order valence-electron chi connectivity index (χ4n) is 2.01. The molecule has 1 amide bonds. The maximum Gasteiger partial charge on any atom is 0.321 e. The van der Waals surface area contributed by atoms with E-state index in [0.29, 0.717) is 17.0 Å². The van der Waals surface area contributed by atoms with Gasteiger partial charge >= 0.3 is 6.01 Å². The van der Waals surface area contributed by atoms with Crippen LogP contribution in [0.5, 0.6) is 11.8 Å². The van der Waals surface area contributed by atoms with Gasteiger partial charge in [0.1, 0.15) is 17.3 Å². The summed E-state index contributed by atoms with van der Waals surface area (Å²) in [5, 5.41) is 9.90. The molecule has 0 bridgehead atoms. The fraction of sp³-hybridized carbons (Fsp3) is 0. The molecule has 25 heavy (non-hydrogen) atoms. The zero-order valence-electron chi connectivity index (χ0n) is 13.0. The second-order valence-corrected chi connectivity index (χ2v) is 4.93. The number of carbonyl (C=O) groups excluding carboxylic acids is 1. The number of aromatic nitrogens is 3. The summed E-state index contributed by atoms with van der Waals surface area (Å²) >= 11 is 0. The summed E-state index contributed by atoms with van der Waals surface area (Å²) in [5.41, 5.74) is 6.83. The number of benzene rings is 1. The van der Waals surface area contributed by atoms with E-state index in [1.54, 1.807) is 48.8 Å². The molecule has 0 fully saturated rings. The maximum absolute atomic E-state index is 12.3. The fourth-order valence-corrected chi connectivity index (χ4v) is 2.01. The average molecular weight is 334 g/mol. The van der Waals surface area contributed by atoms with Gasteiger partial charge in [0.05, 0.1) is 0 Å². The van der Waals surface area contributed by atoms with Gasteiger partial charge < -0.3 is 21.2 Å². The van der Waals surface area contributed by atoms with E-state index in [1.165, 1.54) is 6.07 Å². The third kappa shape index (κ3) is 3.94. The number of pyridine rings is 1. The van der Waals surface area contributed by atoms with Gasteiger partial charge in [0, 0.05) is 35.9 Å². The first kappa shape index (κ1) is 16.1. The van der Waals surface area contributed by atoms with E-state index in [4.69, 9.17) is 15.9 Å². The Bertz CT molecular complexity index is 914. The minimum absolute atomic E-state index is 0.126. The Labute approximate surface area is 143 Å². The quantitative estimate of drug-likeness (QED) is 0.615. The van der Waals surface area contributed by atoms with Gasteiger partial charge in [-0.05, 0) is 30.3 Å². The topological polar surface area (TPSA) is 127 Å². The highest BCUT2D eigenvalue weighted by molar-refractivity contribution is 6.03. The first-order valence-corrected chi connectivity index (χ1v) is 7.29. The lowest BCUT2D eigenvalue weighted by atomic mass is 10.2. The van der Waals surface area contributed by atoms with Crippen molar-refractivity contribution in [1.82, 2.24) is 15.0 Å². The molecule has 0 atom stereocenters. The summed E-state index contributed by atoms with van der Waals surface area (Å²) in [5.74, 6) is 0.188. The van der Waals surface area contributed by atoms with Crippen LogP contribution in [0.25, 0.3) is 0 Å². The van der Waals surface area contributed by atoms with Crippen molar-refractivity contribution in [2.24, 2.45) is 0 Å². The standard InChI is InChI=1S/C17H14N6O2/c18-10-11-5-6-14(23-15(11)19)16(24)22-12-3-1-4-13(9-12)25-17-20-7-2-8-21-17/h1-10,18H,(H2,19,23)(H,22,24). The van der Waals surface area contributed by atoms with Gasteiger partial charge in [-0.15, -0.1) is 0 Å². The second-order valence-electron chi connectivity index (χ2n) is 4.93. The van der Waals surface area contributed by atoms with Crippen molar-refractivity contribution in [2.45, 2.75) is 0 Å². The molecule has 0 saturated heterocycles. The largest absolute Gasteiger partial charge is 0.424 e. The molecule has 2 heterocycles. The molecule has 2 aromatic heterocycles. The van der Waals surface area contributed by atoms with Crippen molar-refractivity contribution in [2.75, 3.05) is 11.1 Å². The van der Waals surface area contributed by atoms with Crippen molar-refractivity contribution in [3.8, 4) is 11.8 Å². The van der Waals surface area contributed by atoms with E-state index < -0.39 is 5.91 Å². The predicted molar refractivity (Wildman–Crippen MR) is 93.0 cm³/mol. The first-order chi connectivity index (χ1) is 12.2. The SMILES string of the molecule is N=Cc1ccc(C(=O)Nc2cccc(Oc3ncccn3)c2)nc1N. The molecule has 8 nitrogen and oxygen atoms in total. The van der Waals surface area contributed by atoms with Crippen LogP contribution in [0.2, 0.25) is 0 Å². The molecule has 0 radical (unpaired) electrons. The van der Waals surface area contributed by atoms with Gasteiger partial charge in [0.15, 0.2) is 0 Å². The monoisotopic (exact) mass is 334 g/mol. The third-order valence-electron chi connectivity index (χ3n) is 3.19. The van der Waals surface area contributed by atoms with E-state index in [2.05, 4.69) is 20.3 Å². The van der Waals surface area contributed by atoms with Crippen molar-refractivity contribution in [3.63, 3.8) is 0 Å². The zero-order chi connectivity index (χ0) is 17.6. The van der Waals surface area contributed by atoms with Crippen molar-refractivity contribution >= 4 is 23.6 Å². The van der Waals surface area contributed by atoms with E-state index in [1.807, 2.05) is 0 Å². The van der Waals surface area contributed by atoms with Crippen molar-refractivity contribution < 1.29 is 9.53 Å². The van der Waals surface area contributed by atoms with Gasteiger partial charge in [0.2, 0.25) is 0 Å². The van der Waals surface area contributed by atoms with Gasteiger partial charge in [-0.1, -0.05) is 6.07 Å². The number of nitrogens with two attached hydrogens (primary N) is 1. The Hall–Kier alpha value is -3.81. The molecule has 3 rings (SSSR count). The van der Waals surface area contributed by atoms with Crippen LogP contribution in [0.4, 0.5) is 11.5 Å². The van der Waals surface area contributed by atoms with Crippen LogP contribution in [0, 0.1) is 5.41 Å². The molecule has 0 saturated carbocycles. The Balaban J connectivity index is 1.74. The summed E-state index contributed by atoms with van der Waals surface area (Å²) in [4.78, 5) is 24.2. The lowest BCUT2D eigenvalue weighted by Crippen LogP contribution is -2.15. The molecule has 0 aliphatic carbocycles. The summed E-state index contributed by atoms with van der Waals surface area (Å²) in [6, 6.07) is 11.8. The smallest absolute Gasteiger partial charge is 0.321 e. The number of rotatable bonds is 5. The van der Waals surface area contributed by atoms with Crippen molar-refractivity contribution in [3.05, 3.63) is 66.1 Å². The normalized spacial score (nSPS) is 10.1. The minimum Gasteiger partial charge on any atom is -0.424 e. The van der Waals surface area contributed by atoms with Crippen LogP contribution in [-0.2, 0) is 0 Å². The minimum atomic E-state index is -0.420. The van der Waals surface area contributed by atoms with E-state index >= 15 is 0 Å². The van der Waals surface area contributed by atoms with Crippen LogP contribution in [0.15, 0.2) is 54.9 Å². The van der Waals surface area contributed by atoms with Gasteiger partial charge in [-0.25, -0.2) is 15.0 Å². The number of nitrogens with one attached hydrogen (secondary N) is 2. The van der Waals surface area contributed by atoms with Gasteiger partial charge in [-0.2, -0.15) is 0 Å². The Morgan fingerprint density at radius 2 is 1.96 bits per heavy atom. The number of anilines is 2. The number of amides is 1. The highest BCUT2D eigenvalue weighted by Gasteiger charge is 2.10. The maximum atomic E-state index is 12.3. The molecular weight excluding hydrogens is 320 g/mol.